The molecule has 2 atom stereocenters. The monoisotopic (exact) mass is 551 g/mol. The number of nitrogens with zero attached hydrogens (tertiary/aromatic N) is 1. The van der Waals surface area contributed by atoms with E-state index in [2.05, 4.69) is 16.4 Å². The molecule has 0 aliphatic heterocycles. The topological polar surface area (TPSA) is 131 Å². The smallest absolute Gasteiger partial charge is 0.862 e. The second-order valence-electron chi connectivity index (χ2n) is 9.07. The van der Waals surface area contributed by atoms with Crippen LogP contribution < -0.4 is 69.1 Å². The van der Waals surface area contributed by atoms with Crippen molar-refractivity contribution in [3.8, 4) is 0 Å². The molecule has 0 bridgehead atoms. The third kappa shape index (κ3) is 31.3. The second-order valence-corrected chi connectivity index (χ2v) is 10.3. The van der Waals surface area contributed by atoms with Crippen LogP contribution in [0.25, 0.3) is 0 Å². The van der Waals surface area contributed by atoms with Gasteiger partial charge in [-0.2, -0.15) is 0 Å². The van der Waals surface area contributed by atoms with E-state index in [4.69, 9.17) is 9.63 Å². The van der Waals surface area contributed by atoms with Crippen molar-refractivity contribution in [2.45, 2.75) is 135 Å². The van der Waals surface area contributed by atoms with Gasteiger partial charge in [0.05, 0.1) is 6.61 Å². The number of hydrogen-bond donors (Lipinski definition) is 1. The minimum Gasteiger partial charge on any atom is -0.862 e. The number of carbonyl (C=O) groups is 1. The Morgan fingerprint density at radius 1 is 0.778 bits per heavy atom. The number of unbranched alkanes of at least 4 members (excludes halogenated alkanes) is 14. The Kier molecular flexibility index (Phi) is 33.5. The summed E-state index contributed by atoms with van der Waals surface area (Å²) in [5.74, 6) is -0.833. The Labute approximate surface area is 264 Å². The van der Waals surface area contributed by atoms with E-state index in [0.29, 0.717) is 12.8 Å². The number of phosphoric ester groups is 1. The summed E-state index contributed by atoms with van der Waals surface area (Å²) in [6, 6.07) is -0.959. The number of rotatable bonds is 24. The molecule has 0 amide bonds. The van der Waals surface area contributed by atoms with E-state index in [-0.39, 0.29) is 84.5 Å². The van der Waals surface area contributed by atoms with E-state index in [1.54, 1.807) is 0 Å². The zero-order chi connectivity index (χ0) is 25.5. The first kappa shape index (κ1) is 41.5. The van der Waals surface area contributed by atoms with Gasteiger partial charge in [0.15, 0.2) is 0 Å². The Morgan fingerprint density at radius 2 is 1.22 bits per heavy atom. The Bertz CT molecular complexity index is 577. The molecule has 0 radical (unpaired) electrons. The van der Waals surface area contributed by atoms with Crippen molar-refractivity contribution in [1.29, 1.82) is 0 Å². The predicted molar refractivity (Wildman–Crippen MR) is 132 cm³/mol. The Morgan fingerprint density at radius 3 is 1.64 bits per heavy atom. The molecule has 36 heavy (non-hydrogen) atoms. The van der Waals surface area contributed by atoms with Crippen molar-refractivity contribution in [2.24, 2.45) is 4.99 Å². The molecule has 0 aliphatic carbocycles. The second kappa shape index (κ2) is 29.0. The predicted octanol–water partition coefficient (Wildman–Crippen LogP) is -0.796. The fraction of sp³-hybridized carbons (Fsp3) is 0.920. The average Bonchev–Trinajstić information content (AvgIpc) is 2.78. The van der Waals surface area contributed by atoms with Crippen LogP contribution >= 0.6 is 7.82 Å². The van der Waals surface area contributed by atoms with Crippen molar-refractivity contribution in [1.82, 2.24) is 0 Å². The molecule has 0 aromatic rings. The SMILES string of the molecule is CCCCCCCCCCCCCCCCCC([O-])=N[C@H](COC(=O)CCC)COP(=O)([O-])O.[Na+].[Na+]. The molecule has 1 N–H and O–H groups in total. The minimum absolute atomic E-state index is 0. The largest absolute Gasteiger partial charge is 1.00 e. The van der Waals surface area contributed by atoms with Crippen molar-refractivity contribution < 1.29 is 92.6 Å². The summed E-state index contributed by atoms with van der Waals surface area (Å²) in [5.41, 5.74) is 0. The summed E-state index contributed by atoms with van der Waals surface area (Å²) in [7, 11) is -4.94. The van der Waals surface area contributed by atoms with E-state index in [1.165, 1.54) is 77.0 Å². The van der Waals surface area contributed by atoms with E-state index in [1.807, 2.05) is 6.92 Å². The van der Waals surface area contributed by atoms with Gasteiger partial charge in [-0.15, -0.1) is 0 Å². The first-order valence-corrected chi connectivity index (χ1v) is 14.9. The summed E-state index contributed by atoms with van der Waals surface area (Å²) in [5, 5.41) is 12.1. The molecule has 0 saturated carbocycles. The van der Waals surface area contributed by atoms with Crippen LogP contribution in [0.4, 0.5) is 0 Å². The van der Waals surface area contributed by atoms with Gasteiger partial charge in [0.25, 0.3) is 7.82 Å². The molecular formula is C25H48NNa2O7P. The minimum atomic E-state index is -4.94. The van der Waals surface area contributed by atoms with Crippen molar-refractivity contribution in [3.05, 3.63) is 0 Å². The van der Waals surface area contributed by atoms with Gasteiger partial charge in [-0.3, -0.25) is 14.4 Å². The van der Waals surface area contributed by atoms with Crippen LogP contribution in [0.3, 0.4) is 0 Å². The maximum Gasteiger partial charge on any atom is 1.00 e. The maximum atomic E-state index is 12.1. The van der Waals surface area contributed by atoms with Gasteiger partial charge in [-0.1, -0.05) is 104 Å². The molecule has 8 nitrogen and oxygen atoms in total. The fourth-order valence-corrected chi connectivity index (χ4v) is 4.04. The number of hydrogen-bond acceptors (Lipinski definition) is 7. The standard InChI is InChI=1S/C25H50NO7P.2Na/c1-3-5-6-7-8-9-10-11-12-13-14-15-16-17-18-20-24(27)26-23(22-33-34(29,30)31)21-32-25(28)19-4-2;;/h23H,3-22H2,1-2H3,(H,26,27)(H2,29,30,31);;/q;2*+1/p-2/t23-;;/m1../s1. The molecule has 0 aromatic carbocycles. The van der Waals surface area contributed by atoms with E-state index in [0.717, 1.165) is 12.8 Å². The van der Waals surface area contributed by atoms with E-state index in [9.17, 15) is 19.4 Å². The van der Waals surface area contributed by atoms with E-state index < -0.39 is 26.4 Å². The molecule has 0 rings (SSSR count). The van der Waals surface area contributed by atoms with Gasteiger partial charge in [0, 0.05) is 6.42 Å². The maximum absolute atomic E-state index is 12.1. The van der Waals surface area contributed by atoms with Crippen LogP contribution in [0.1, 0.15) is 129 Å². The molecule has 202 valence electrons. The van der Waals surface area contributed by atoms with Gasteiger partial charge in [-0.05, 0) is 25.2 Å². The summed E-state index contributed by atoms with van der Waals surface area (Å²) < 4.78 is 20.2. The van der Waals surface area contributed by atoms with Crippen LogP contribution in [0, 0.1) is 0 Å². The first-order chi connectivity index (χ1) is 16.3. The van der Waals surface area contributed by atoms with Crippen LogP contribution in [0.15, 0.2) is 4.99 Å². The Hall–Kier alpha value is 1.05. The zero-order valence-corrected chi connectivity index (χ0v) is 28.4. The van der Waals surface area contributed by atoms with Crippen LogP contribution in [0.5, 0.6) is 0 Å². The number of ether oxygens (including phenoxy) is 1. The molecule has 0 spiro atoms. The van der Waals surface area contributed by atoms with Gasteiger partial charge in [0.1, 0.15) is 12.6 Å². The van der Waals surface area contributed by atoms with Gasteiger partial charge in [-0.25, -0.2) is 0 Å². The first-order valence-electron chi connectivity index (χ1n) is 13.4. The van der Waals surface area contributed by atoms with Crippen molar-refractivity contribution in [2.75, 3.05) is 13.2 Å². The third-order valence-electron chi connectivity index (χ3n) is 5.64. The van der Waals surface area contributed by atoms with Gasteiger partial charge >= 0.3 is 65.1 Å². The molecule has 0 heterocycles. The van der Waals surface area contributed by atoms with Gasteiger partial charge in [0.2, 0.25) is 0 Å². The third-order valence-corrected chi connectivity index (χ3v) is 6.12. The Balaban J connectivity index is -0.00000544. The number of phosphoric acid groups is 1. The molecule has 0 fully saturated rings. The number of aliphatic imine (C=N–C) groups is 1. The number of esters is 1. The molecule has 0 saturated heterocycles. The van der Waals surface area contributed by atoms with Crippen LogP contribution in [-0.2, 0) is 18.6 Å². The van der Waals surface area contributed by atoms with Crippen molar-refractivity contribution >= 4 is 19.7 Å². The normalized spacial score (nSPS) is 13.8. The summed E-state index contributed by atoms with van der Waals surface area (Å²) >= 11 is 0. The summed E-state index contributed by atoms with van der Waals surface area (Å²) in [4.78, 5) is 35.0. The van der Waals surface area contributed by atoms with E-state index >= 15 is 0 Å². The molecule has 0 aromatic heterocycles. The average molecular weight is 552 g/mol. The van der Waals surface area contributed by atoms with Crippen LogP contribution in [0.2, 0.25) is 0 Å². The number of carbonyl (C=O) groups excluding carboxylic acids is 1. The zero-order valence-electron chi connectivity index (χ0n) is 23.5. The van der Waals surface area contributed by atoms with Crippen molar-refractivity contribution in [3.63, 3.8) is 0 Å². The molecule has 1 unspecified atom stereocenters. The van der Waals surface area contributed by atoms with Gasteiger partial charge < -0.3 is 24.2 Å². The molecule has 0 aliphatic rings. The molecular weight excluding hydrogens is 503 g/mol. The quantitative estimate of drug-likeness (QED) is 0.0415. The molecule has 11 heteroatoms. The fourth-order valence-electron chi connectivity index (χ4n) is 3.68. The summed E-state index contributed by atoms with van der Waals surface area (Å²) in [6.07, 6.45) is 19.7. The van der Waals surface area contributed by atoms with Crippen LogP contribution in [-0.4, -0.2) is 36.0 Å². The summed E-state index contributed by atoms with van der Waals surface area (Å²) in [6.45, 7) is 3.27.